The van der Waals surface area contributed by atoms with Crippen LogP contribution in [0.3, 0.4) is 0 Å². The van der Waals surface area contributed by atoms with E-state index < -0.39 is 5.97 Å². The van der Waals surface area contributed by atoms with Gasteiger partial charge in [0.25, 0.3) is 5.56 Å². The molecule has 0 fully saturated rings. The summed E-state index contributed by atoms with van der Waals surface area (Å²) in [5.41, 5.74) is 0.502. The van der Waals surface area contributed by atoms with Crippen LogP contribution in [0.2, 0.25) is 0 Å². The molecular formula is C21H24N2O4S. The van der Waals surface area contributed by atoms with Crippen molar-refractivity contribution in [3.05, 3.63) is 57.5 Å². The van der Waals surface area contributed by atoms with Crippen molar-refractivity contribution < 1.29 is 14.3 Å². The Kier molecular flexibility index (Phi) is 6.46. The van der Waals surface area contributed by atoms with E-state index in [-0.39, 0.29) is 11.5 Å². The first-order chi connectivity index (χ1) is 13.5. The summed E-state index contributed by atoms with van der Waals surface area (Å²) in [6, 6.07) is 9.56. The Morgan fingerprint density at radius 3 is 2.71 bits per heavy atom. The van der Waals surface area contributed by atoms with Crippen molar-refractivity contribution in [1.82, 2.24) is 9.55 Å². The number of carbonyl (C=O) groups excluding carboxylic acids is 1. The lowest BCUT2D eigenvalue weighted by Crippen LogP contribution is -2.21. The molecule has 7 heteroatoms. The van der Waals surface area contributed by atoms with Gasteiger partial charge in [-0.1, -0.05) is 32.0 Å². The average Bonchev–Trinajstić information content (AvgIpc) is 3.03. The highest BCUT2D eigenvalue weighted by atomic mass is 32.1. The Labute approximate surface area is 167 Å². The van der Waals surface area contributed by atoms with Crippen molar-refractivity contribution in [2.45, 2.75) is 33.7 Å². The molecule has 3 aromatic rings. The zero-order valence-electron chi connectivity index (χ0n) is 16.3. The number of carbonyl (C=O) groups is 1. The number of thiophene rings is 1. The third-order valence-corrected chi connectivity index (χ3v) is 5.39. The van der Waals surface area contributed by atoms with Crippen LogP contribution < -0.4 is 10.3 Å². The molecule has 0 aliphatic heterocycles. The second-order valence-corrected chi connectivity index (χ2v) is 7.99. The van der Waals surface area contributed by atoms with Gasteiger partial charge >= 0.3 is 5.97 Å². The summed E-state index contributed by atoms with van der Waals surface area (Å²) in [7, 11) is 0. The maximum Gasteiger partial charge on any atom is 0.348 e. The lowest BCUT2D eigenvalue weighted by molar-refractivity contribution is 0.0464. The first-order valence-electron chi connectivity index (χ1n) is 9.31. The highest BCUT2D eigenvalue weighted by Crippen LogP contribution is 2.27. The lowest BCUT2D eigenvalue weighted by atomic mass is 10.2. The third-order valence-electron chi connectivity index (χ3n) is 4.21. The topological polar surface area (TPSA) is 70.4 Å². The van der Waals surface area contributed by atoms with Crippen molar-refractivity contribution in [1.29, 1.82) is 0 Å². The van der Waals surface area contributed by atoms with E-state index in [9.17, 15) is 9.59 Å². The Bertz CT molecular complexity index is 1010. The van der Waals surface area contributed by atoms with Gasteiger partial charge < -0.3 is 9.47 Å². The van der Waals surface area contributed by atoms with Crippen molar-refractivity contribution >= 4 is 27.5 Å². The summed E-state index contributed by atoms with van der Waals surface area (Å²) < 4.78 is 12.5. The third kappa shape index (κ3) is 4.59. The van der Waals surface area contributed by atoms with Gasteiger partial charge in [-0.3, -0.25) is 9.36 Å². The van der Waals surface area contributed by atoms with Gasteiger partial charge in [-0.15, -0.1) is 11.3 Å². The Morgan fingerprint density at radius 2 is 2.00 bits per heavy atom. The fourth-order valence-corrected chi connectivity index (χ4v) is 3.80. The summed E-state index contributed by atoms with van der Waals surface area (Å²) in [4.78, 5) is 30.6. The molecule has 0 saturated carbocycles. The summed E-state index contributed by atoms with van der Waals surface area (Å²) >= 11 is 1.21. The van der Waals surface area contributed by atoms with E-state index in [0.717, 1.165) is 5.75 Å². The van der Waals surface area contributed by atoms with Gasteiger partial charge in [0.2, 0.25) is 0 Å². The van der Waals surface area contributed by atoms with Crippen molar-refractivity contribution in [3.8, 4) is 5.75 Å². The fourth-order valence-electron chi connectivity index (χ4n) is 2.76. The fraction of sp³-hybridized carbons (Fsp3) is 0.381. The number of rotatable bonds is 8. The molecule has 6 nitrogen and oxygen atoms in total. The molecule has 0 N–H and O–H groups in total. The van der Waals surface area contributed by atoms with Gasteiger partial charge in [0.15, 0.2) is 0 Å². The van der Waals surface area contributed by atoms with Crippen LogP contribution in [-0.4, -0.2) is 28.7 Å². The molecule has 3 rings (SSSR count). The predicted molar refractivity (Wildman–Crippen MR) is 110 cm³/mol. The van der Waals surface area contributed by atoms with Crippen LogP contribution in [0.5, 0.6) is 5.75 Å². The predicted octanol–water partition coefficient (Wildman–Crippen LogP) is 4.05. The van der Waals surface area contributed by atoms with Crippen molar-refractivity contribution in [2.24, 2.45) is 5.92 Å². The molecule has 0 unspecified atom stereocenters. The number of ether oxygens (including phenoxy) is 2. The number of para-hydroxylation sites is 1. The molecule has 1 aromatic carbocycles. The van der Waals surface area contributed by atoms with E-state index in [0.29, 0.717) is 46.8 Å². The molecule has 2 aromatic heterocycles. The molecule has 0 saturated heterocycles. The number of esters is 1. The Morgan fingerprint density at radius 1 is 1.25 bits per heavy atom. The normalized spacial score (nSPS) is 11.1. The smallest absolute Gasteiger partial charge is 0.348 e. The van der Waals surface area contributed by atoms with E-state index in [1.165, 1.54) is 17.7 Å². The first kappa shape index (κ1) is 20.1. The Balaban J connectivity index is 1.71. The SMILES string of the molecule is Cc1c(C(=O)OCC(C)C)sc2ncn(CCCOc3ccccc3)c(=O)c12. The molecule has 148 valence electrons. The van der Waals surface area contributed by atoms with Crippen LogP contribution in [0.4, 0.5) is 0 Å². The van der Waals surface area contributed by atoms with Gasteiger partial charge in [-0.05, 0) is 37.0 Å². The quantitative estimate of drug-likeness (QED) is 0.421. The molecule has 0 radical (unpaired) electrons. The number of fused-ring (bicyclic) bond motifs is 1. The molecule has 0 amide bonds. The van der Waals surface area contributed by atoms with Gasteiger partial charge in [-0.2, -0.15) is 0 Å². The highest BCUT2D eigenvalue weighted by Gasteiger charge is 2.20. The molecule has 0 bridgehead atoms. The van der Waals surface area contributed by atoms with Gasteiger partial charge in [0.05, 0.1) is 24.9 Å². The lowest BCUT2D eigenvalue weighted by Gasteiger charge is -2.08. The summed E-state index contributed by atoms with van der Waals surface area (Å²) in [5.74, 6) is 0.671. The van der Waals surface area contributed by atoms with Gasteiger partial charge in [-0.25, -0.2) is 9.78 Å². The minimum absolute atomic E-state index is 0.138. The molecule has 0 aliphatic carbocycles. The zero-order valence-corrected chi connectivity index (χ0v) is 17.1. The van der Waals surface area contributed by atoms with Gasteiger partial charge in [0.1, 0.15) is 15.5 Å². The number of hydrogen-bond acceptors (Lipinski definition) is 6. The minimum atomic E-state index is -0.392. The van der Waals surface area contributed by atoms with E-state index in [4.69, 9.17) is 9.47 Å². The zero-order chi connectivity index (χ0) is 20.1. The molecule has 2 heterocycles. The van der Waals surface area contributed by atoms with Crippen molar-refractivity contribution in [3.63, 3.8) is 0 Å². The van der Waals surface area contributed by atoms with Crippen LogP contribution in [0, 0.1) is 12.8 Å². The number of aryl methyl sites for hydroxylation is 2. The average molecular weight is 401 g/mol. The maximum absolute atomic E-state index is 12.9. The van der Waals surface area contributed by atoms with Crippen LogP contribution in [-0.2, 0) is 11.3 Å². The summed E-state index contributed by atoms with van der Waals surface area (Å²) in [6.07, 6.45) is 2.21. The number of benzene rings is 1. The molecular weight excluding hydrogens is 376 g/mol. The van der Waals surface area contributed by atoms with Crippen LogP contribution in [0.25, 0.3) is 10.2 Å². The minimum Gasteiger partial charge on any atom is -0.494 e. The van der Waals surface area contributed by atoms with Crippen LogP contribution in [0.15, 0.2) is 41.5 Å². The monoisotopic (exact) mass is 400 g/mol. The van der Waals surface area contributed by atoms with E-state index >= 15 is 0 Å². The van der Waals surface area contributed by atoms with Crippen LogP contribution in [0.1, 0.15) is 35.5 Å². The van der Waals surface area contributed by atoms with Crippen LogP contribution >= 0.6 is 11.3 Å². The number of aromatic nitrogens is 2. The van der Waals surface area contributed by atoms with E-state index in [2.05, 4.69) is 4.98 Å². The highest BCUT2D eigenvalue weighted by molar-refractivity contribution is 7.20. The van der Waals surface area contributed by atoms with E-state index in [1.807, 2.05) is 44.2 Å². The number of nitrogens with zero attached hydrogens (tertiary/aromatic N) is 2. The second kappa shape index (κ2) is 9.01. The second-order valence-electron chi connectivity index (χ2n) is 6.99. The largest absolute Gasteiger partial charge is 0.494 e. The number of hydrogen-bond donors (Lipinski definition) is 0. The first-order valence-corrected chi connectivity index (χ1v) is 10.1. The summed E-state index contributed by atoms with van der Waals surface area (Å²) in [6.45, 7) is 7.09. The molecule has 0 spiro atoms. The van der Waals surface area contributed by atoms with Crippen molar-refractivity contribution in [2.75, 3.05) is 13.2 Å². The van der Waals surface area contributed by atoms with E-state index in [1.54, 1.807) is 11.5 Å². The molecule has 0 atom stereocenters. The molecule has 0 aliphatic rings. The summed E-state index contributed by atoms with van der Waals surface area (Å²) in [5, 5.41) is 0.493. The standard InChI is InChI=1S/C21H24N2O4S/c1-14(2)12-27-21(25)18-15(3)17-19(28-18)22-13-23(20(17)24)10-7-11-26-16-8-5-4-6-9-16/h4-6,8-9,13-14H,7,10-12H2,1-3H3. The Hall–Kier alpha value is -2.67. The molecule has 28 heavy (non-hydrogen) atoms. The van der Waals surface area contributed by atoms with Gasteiger partial charge in [0, 0.05) is 6.54 Å². The maximum atomic E-state index is 12.9.